The molecule has 1 fully saturated rings. The summed E-state index contributed by atoms with van der Waals surface area (Å²) >= 11 is 0. The van der Waals surface area contributed by atoms with E-state index >= 15 is 0 Å². The van der Waals surface area contributed by atoms with E-state index < -0.39 is 0 Å². The summed E-state index contributed by atoms with van der Waals surface area (Å²) in [6.07, 6.45) is 4.73. The van der Waals surface area contributed by atoms with Crippen LogP contribution in [0, 0.1) is 5.92 Å². The second kappa shape index (κ2) is 4.87. The van der Waals surface area contributed by atoms with Crippen LogP contribution in [-0.4, -0.2) is 52.4 Å². The smallest absolute Gasteiger partial charge is 0.226 e. The van der Waals surface area contributed by atoms with Crippen LogP contribution in [-0.2, 0) is 18.4 Å². The lowest BCUT2D eigenvalue weighted by Crippen LogP contribution is -2.31. The highest BCUT2D eigenvalue weighted by atomic mass is 16.2. The van der Waals surface area contributed by atoms with E-state index in [4.69, 9.17) is 0 Å². The maximum Gasteiger partial charge on any atom is 0.226 e. The normalized spacial score (nSPS) is 20.8. The highest BCUT2D eigenvalue weighted by Crippen LogP contribution is 2.19. The van der Waals surface area contributed by atoms with Crippen LogP contribution < -0.4 is 0 Å². The molecule has 5 heteroatoms. The van der Waals surface area contributed by atoms with Crippen molar-refractivity contribution in [2.75, 3.05) is 27.2 Å². The first kappa shape index (κ1) is 12.1. The van der Waals surface area contributed by atoms with E-state index in [0.29, 0.717) is 0 Å². The van der Waals surface area contributed by atoms with Crippen LogP contribution in [0.3, 0.4) is 0 Å². The second-order valence-electron chi connectivity index (χ2n) is 4.91. The van der Waals surface area contributed by atoms with E-state index in [1.807, 2.05) is 38.1 Å². The summed E-state index contributed by atoms with van der Waals surface area (Å²) in [7, 11) is 5.65. The first-order chi connectivity index (χ1) is 8.08. The molecule has 1 aliphatic heterocycles. The number of amides is 1. The van der Waals surface area contributed by atoms with Gasteiger partial charge in [-0.3, -0.25) is 9.69 Å². The Morgan fingerprint density at radius 3 is 2.94 bits per heavy atom. The third kappa shape index (κ3) is 2.66. The van der Waals surface area contributed by atoms with Crippen LogP contribution in [0.5, 0.6) is 0 Å². The van der Waals surface area contributed by atoms with Crippen molar-refractivity contribution in [3.8, 4) is 0 Å². The molecule has 1 unspecified atom stereocenters. The van der Waals surface area contributed by atoms with Gasteiger partial charge in [-0.25, -0.2) is 4.98 Å². The largest absolute Gasteiger partial charge is 0.349 e. The predicted octanol–water partition coefficient (Wildman–Crippen LogP) is 0.330. The number of carbonyl (C=O) groups is 1. The quantitative estimate of drug-likeness (QED) is 0.759. The minimum absolute atomic E-state index is 0.158. The Morgan fingerprint density at radius 1 is 1.59 bits per heavy atom. The van der Waals surface area contributed by atoms with Gasteiger partial charge < -0.3 is 9.47 Å². The number of aryl methyl sites for hydroxylation is 1. The molecular formula is C12H20N4O. The summed E-state index contributed by atoms with van der Waals surface area (Å²) in [5.41, 5.74) is 0. The van der Waals surface area contributed by atoms with Gasteiger partial charge in [-0.2, -0.15) is 0 Å². The SMILES string of the molecule is CN(C)C(=O)C1CCN(Cc2nccn2C)C1. The zero-order valence-corrected chi connectivity index (χ0v) is 10.8. The highest BCUT2D eigenvalue weighted by Gasteiger charge is 2.29. The lowest BCUT2D eigenvalue weighted by molar-refractivity contribution is -0.132. The van der Waals surface area contributed by atoms with Crippen molar-refractivity contribution in [2.45, 2.75) is 13.0 Å². The van der Waals surface area contributed by atoms with Crippen molar-refractivity contribution in [1.82, 2.24) is 19.4 Å². The van der Waals surface area contributed by atoms with Crippen molar-refractivity contribution in [2.24, 2.45) is 13.0 Å². The zero-order valence-electron chi connectivity index (χ0n) is 10.8. The molecule has 1 saturated heterocycles. The fourth-order valence-electron chi connectivity index (χ4n) is 2.29. The molecule has 17 heavy (non-hydrogen) atoms. The summed E-state index contributed by atoms with van der Waals surface area (Å²) in [4.78, 5) is 20.1. The zero-order chi connectivity index (χ0) is 12.4. The molecule has 2 rings (SSSR count). The fourth-order valence-corrected chi connectivity index (χ4v) is 2.29. The van der Waals surface area contributed by atoms with E-state index in [2.05, 4.69) is 9.88 Å². The summed E-state index contributed by atoms with van der Waals surface area (Å²) in [6, 6.07) is 0. The van der Waals surface area contributed by atoms with Gasteiger partial charge in [0, 0.05) is 40.1 Å². The molecule has 0 saturated carbocycles. The van der Waals surface area contributed by atoms with E-state index in [9.17, 15) is 4.79 Å². The Labute approximate surface area is 102 Å². The molecule has 1 atom stereocenters. The van der Waals surface area contributed by atoms with Crippen molar-refractivity contribution in [1.29, 1.82) is 0 Å². The van der Waals surface area contributed by atoms with Gasteiger partial charge in [0.15, 0.2) is 0 Å². The first-order valence-electron chi connectivity index (χ1n) is 5.97. The van der Waals surface area contributed by atoms with E-state index in [-0.39, 0.29) is 11.8 Å². The van der Waals surface area contributed by atoms with E-state index in [1.165, 1.54) is 0 Å². The molecule has 1 aliphatic rings. The number of rotatable bonds is 3. The Balaban J connectivity index is 1.90. The molecule has 1 aromatic heterocycles. The number of aromatic nitrogens is 2. The molecule has 0 aliphatic carbocycles. The van der Waals surface area contributed by atoms with Crippen LogP contribution in [0.4, 0.5) is 0 Å². The summed E-state index contributed by atoms with van der Waals surface area (Å²) in [5.74, 6) is 1.46. The number of hydrogen-bond donors (Lipinski definition) is 0. The molecular weight excluding hydrogens is 216 g/mol. The standard InChI is InChI=1S/C12H20N4O/c1-14(2)12(17)10-4-6-16(8-10)9-11-13-5-7-15(11)3/h5,7,10H,4,6,8-9H2,1-3H3. The molecule has 5 nitrogen and oxygen atoms in total. The summed E-state index contributed by atoms with van der Waals surface area (Å²) in [5, 5.41) is 0. The van der Waals surface area contributed by atoms with Crippen LogP contribution >= 0.6 is 0 Å². The van der Waals surface area contributed by atoms with Crippen molar-refractivity contribution in [3.05, 3.63) is 18.2 Å². The lowest BCUT2D eigenvalue weighted by atomic mass is 10.1. The van der Waals surface area contributed by atoms with Crippen LogP contribution in [0.15, 0.2) is 12.4 Å². The van der Waals surface area contributed by atoms with E-state index in [0.717, 1.165) is 31.9 Å². The topological polar surface area (TPSA) is 41.4 Å². The number of carbonyl (C=O) groups excluding carboxylic acids is 1. The van der Waals surface area contributed by atoms with Gasteiger partial charge in [-0.1, -0.05) is 0 Å². The van der Waals surface area contributed by atoms with Crippen LogP contribution in [0.2, 0.25) is 0 Å². The van der Waals surface area contributed by atoms with Crippen LogP contribution in [0.25, 0.3) is 0 Å². The highest BCUT2D eigenvalue weighted by molar-refractivity contribution is 5.78. The Kier molecular flexibility index (Phi) is 3.47. The van der Waals surface area contributed by atoms with Gasteiger partial charge >= 0.3 is 0 Å². The first-order valence-corrected chi connectivity index (χ1v) is 5.97. The summed E-state index contributed by atoms with van der Waals surface area (Å²) < 4.78 is 2.03. The Hall–Kier alpha value is -1.36. The maximum absolute atomic E-state index is 11.8. The Bertz CT molecular complexity index is 399. The Morgan fingerprint density at radius 2 is 2.35 bits per heavy atom. The molecule has 0 bridgehead atoms. The van der Waals surface area contributed by atoms with Crippen molar-refractivity contribution in [3.63, 3.8) is 0 Å². The van der Waals surface area contributed by atoms with Gasteiger partial charge in [0.2, 0.25) is 5.91 Å². The minimum atomic E-state index is 0.158. The monoisotopic (exact) mass is 236 g/mol. The molecule has 0 spiro atoms. The van der Waals surface area contributed by atoms with Crippen LogP contribution in [0.1, 0.15) is 12.2 Å². The third-order valence-corrected chi connectivity index (χ3v) is 3.35. The van der Waals surface area contributed by atoms with Gasteiger partial charge in [-0.15, -0.1) is 0 Å². The number of nitrogens with zero attached hydrogens (tertiary/aromatic N) is 4. The fraction of sp³-hybridized carbons (Fsp3) is 0.667. The summed E-state index contributed by atoms with van der Waals surface area (Å²) in [6.45, 7) is 2.67. The average Bonchev–Trinajstić information content (AvgIpc) is 2.88. The maximum atomic E-state index is 11.8. The number of likely N-dealkylation sites (tertiary alicyclic amines) is 1. The van der Waals surface area contributed by atoms with Gasteiger partial charge in [0.1, 0.15) is 5.82 Å². The van der Waals surface area contributed by atoms with E-state index in [1.54, 1.807) is 4.90 Å². The molecule has 0 aromatic carbocycles. The molecule has 1 amide bonds. The molecule has 2 heterocycles. The third-order valence-electron chi connectivity index (χ3n) is 3.35. The van der Waals surface area contributed by atoms with Crippen molar-refractivity contribution >= 4 is 5.91 Å². The van der Waals surface area contributed by atoms with Gasteiger partial charge in [-0.05, 0) is 13.0 Å². The minimum Gasteiger partial charge on any atom is -0.349 e. The van der Waals surface area contributed by atoms with Gasteiger partial charge in [0.05, 0.1) is 12.5 Å². The average molecular weight is 236 g/mol. The predicted molar refractivity (Wildman–Crippen MR) is 65.3 cm³/mol. The van der Waals surface area contributed by atoms with Crippen molar-refractivity contribution < 1.29 is 4.79 Å². The van der Waals surface area contributed by atoms with Gasteiger partial charge in [0.25, 0.3) is 0 Å². The second-order valence-corrected chi connectivity index (χ2v) is 4.91. The molecule has 0 radical (unpaired) electrons. The number of imidazole rings is 1. The molecule has 1 aromatic rings. The lowest BCUT2D eigenvalue weighted by Gasteiger charge is -2.17. The number of hydrogen-bond acceptors (Lipinski definition) is 3. The molecule has 0 N–H and O–H groups in total. The molecule has 94 valence electrons.